The third-order valence-corrected chi connectivity index (χ3v) is 2.06. The van der Waals surface area contributed by atoms with E-state index in [1.165, 1.54) is 0 Å². The number of allylic oxidation sites excluding steroid dienone is 1. The number of nitrogens with zero attached hydrogens (tertiary/aromatic N) is 1. The van der Waals surface area contributed by atoms with Crippen LogP contribution in [0.1, 0.15) is 19.4 Å². The van der Waals surface area contributed by atoms with Gasteiger partial charge in [0.25, 0.3) is 0 Å². The van der Waals surface area contributed by atoms with E-state index in [1.54, 1.807) is 0 Å². The summed E-state index contributed by atoms with van der Waals surface area (Å²) in [6.45, 7) is 3.74. The molecule has 1 aromatic rings. The van der Waals surface area contributed by atoms with Crippen molar-refractivity contribution in [1.82, 2.24) is 0 Å². The van der Waals surface area contributed by atoms with Gasteiger partial charge in [-0.05, 0) is 31.5 Å². The quantitative estimate of drug-likeness (QED) is 0.719. The summed E-state index contributed by atoms with van der Waals surface area (Å²) in [7, 11) is 0. The molecule has 0 atom stereocenters. The Morgan fingerprint density at radius 2 is 2.14 bits per heavy atom. The molecule has 0 saturated carbocycles. The second-order valence-electron chi connectivity index (χ2n) is 3.72. The van der Waals surface area contributed by atoms with Gasteiger partial charge in [-0.15, -0.1) is 0 Å². The lowest BCUT2D eigenvalue weighted by molar-refractivity contribution is 0.647. The van der Waals surface area contributed by atoms with Crippen molar-refractivity contribution < 1.29 is 0 Å². The van der Waals surface area contributed by atoms with Crippen molar-refractivity contribution in [1.29, 1.82) is 5.26 Å². The predicted molar refractivity (Wildman–Crippen MR) is 59.9 cm³/mol. The van der Waals surface area contributed by atoms with E-state index in [1.807, 2.05) is 50.3 Å². The number of rotatable bonds is 2. The highest BCUT2D eigenvalue weighted by molar-refractivity contribution is 6.30. The molecule has 0 heterocycles. The van der Waals surface area contributed by atoms with Crippen LogP contribution in [0.2, 0.25) is 5.02 Å². The zero-order chi connectivity index (χ0) is 10.6. The average Bonchev–Trinajstić information content (AvgIpc) is 2.15. The normalized spacial score (nSPS) is 11.6. The van der Waals surface area contributed by atoms with Crippen LogP contribution in [0.15, 0.2) is 30.3 Å². The van der Waals surface area contributed by atoms with Crippen molar-refractivity contribution in [3.05, 3.63) is 40.9 Å². The van der Waals surface area contributed by atoms with Crippen LogP contribution >= 0.6 is 11.6 Å². The molecule has 0 aromatic heterocycles. The molecule has 2 heteroatoms. The maximum Gasteiger partial charge on any atom is 0.0725 e. The first kappa shape index (κ1) is 10.8. The van der Waals surface area contributed by atoms with Crippen LogP contribution in [-0.4, -0.2) is 0 Å². The van der Waals surface area contributed by atoms with Crippen LogP contribution in [0.4, 0.5) is 0 Å². The van der Waals surface area contributed by atoms with Gasteiger partial charge in [0.05, 0.1) is 11.5 Å². The summed E-state index contributed by atoms with van der Waals surface area (Å²) in [6, 6.07) is 9.75. The van der Waals surface area contributed by atoms with Crippen LogP contribution in [0.5, 0.6) is 0 Å². The minimum atomic E-state index is -0.428. The van der Waals surface area contributed by atoms with Gasteiger partial charge >= 0.3 is 0 Å². The van der Waals surface area contributed by atoms with Gasteiger partial charge in [0.15, 0.2) is 0 Å². The molecule has 0 unspecified atom stereocenters. The number of nitriles is 1. The van der Waals surface area contributed by atoms with Crippen molar-refractivity contribution in [3.63, 3.8) is 0 Å². The van der Waals surface area contributed by atoms with Crippen molar-refractivity contribution in [2.45, 2.75) is 13.8 Å². The number of benzene rings is 1. The summed E-state index contributed by atoms with van der Waals surface area (Å²) < 4.78 is 0. The average molecular weight is 206 g/mol. The molecular weight excluding hydrogens is 194 g/mol. The topological polar surface area (TPSA) is 23.8 Å². The van der Waals surface area contributed by atoms with Crippen LogP contribution in [0.25, 0.3) is 6.08 Å². The summed E-state index contributed by atoms with van der Waals surface area (Å²) in [5.74, 6) is 0. The monoisotopic (exact) mass is 205 g/mol. The maximum absolute atomic E-state index is 8.80. The highest BCUT2D eigenvalue weighted by atomic mass is 35.5. The first-order chi connectivity index (χ1) is 6.53. The van der Waals surface area contributed by atoms with E-state index < -0.39 is 5.41 Å². The minimum Gasteiger partial charge on any atom is -0.197 e. The van der Waals surface area contributed by atoms with Gasteiger partial charge < -0.3 is 0 Å². The molecule has 0 N–H and O–H groups in total. The Balaban J connectivity index is 2.85. The van der Waals surface area contributed by atoms with E-state index >= 15 is 0 Å². The molecule has 0 spiro atoms. The Hall–Kier alpha value is -1.26. The van der Waals surface area contributed by atoms with Crippen molar-refractivity contribution in [3.8, 4) is 6.07 Å². The molecule has 0 fully saturated rings. The summed E-state index contributed by atoms with van der Waals surface area (Å²) >= 11 is 5.83. The van der Waals surface area contributed by atoms with Crippen molar-refractivity contribution in [2.75, 3.05) is 0 Å². The lowest BCUT2D eigenvalue weighted by Gasteiger charge is -2.07. The maximum atomic E-state index is 8.80. The first-order valence-corrected chi connectivity index (χ1v) is 4.77. The SMILES string of the molecule is CC(C)(C#N)/C=C/c1cccc(Cl)c1. The lowest BCUT2D eigenvalue weighted by Crippen LogP contribution is -2.01. The van der Waals surface area contributed by atoms with Crippen LogP contribution < -0.4 is 0 Å². The molecule has 0 saturated heterocycles. The standard InChI is InChI=1S/C12H12ClN/c1-12(2,9-14)7-6-10-4-3-5-11(13)8-10/h3-8H,1-2H3/b7-6+. The summed E-state index contributed by atoms with van der Waals surface area (Å²) in [5, 5.41) is 9.51. The first-order valence-electron chi connectivity index (χ1n) is 4.39. The van der Waals surface area contributed by atoms with Gasteiger partial charge in [-0.3, -0.25) is 0 Å². The van der Waals surface area contributed by atoms with E-state index in [0.717, 1.165) is 5.56 Å². The Morgan fingerprint density at radius 1 is 1.43 bits per heavy atom. The molecule has 14 heavy (non-hydrogen) atoms. The number of hydrogen-bond donors (Lipinski definition) is 0. The van der Waals surface area contributed by atoms with Gasteiger partial charge in [0.1, 0.15) is 0 Å². The van der Waals surface area contributed by atoms with Gasteiger partial charge in [-0.1, -0.05) is 35.9 Å². The van der Waals surface area contributed by atoms with Crippen molar-refractivity contribution >= 4 is 17.7 Å². The predicted octanol–water partition coefficient (Wildman–Crippen LogP) is 3.90. The fraction of sp³-hybridized carbons (Fsp3) is 0.250. The highest BCUT2D eigenvalue weighted by Crippen LogP contribution is 2.18. The summed E-state index contributed by atoms with van der Waals surface area (Å²) in [5.41, 5.74) is 0.586. The van der Waals surface area contributed by atoms with E-state index in [4.69, 9.17) is 16.9 Å². The Kier molecular flexibility index (Phi) is 3.33. The minimum absolute atomic E-state index is 0.428. The lowest BCUT2D eigenvalue weighted by atomic mass is 9.94. The second kappa shape index (κ2) is 4.30. The molecule has 0 aliphatic carbocycles. The second-order valence-corrected chi connectivity index (χ2v) is 4.16. The Bertz CT molecular complexity index is 386. The van der Waals surface area contributed by atoms with Crippen LogP contribution in [0.3, 0.4) is 0 Å². The molecule has 0 aliphatic rings. The van der Waals surface area contributed by atoms with Gasteiger partial charge in [-0.25, -0.2) is 0 Å². The third-order valence-electron chi connectivity index (χ3n) is 1.83. The molecule has 0 bridgehead atoms. The van der Waals surface area contributed by atoms with Crippen LogP contribution in [0, 0.1) is 16.7 Å². The van der Waals surface area contributed by atoms with Crippen molar-refractivity contribution in [2.24, 2.45) is 5.41 Å². The fourth-order valence-corrected chi connectivity index (χ4v) is 1.15. The van der Waals surface area contributed by atoms with Gasteiger partial charge in [-0.2, -0.15) is 5.26 Å². The molecule has 0 aliphatic heterocycles. The van der Waals surface area contributed by atoms with E-state index in [9.17, 15) is 0 Å². The number of halogens is 1. The smallest absolute Gasteiger partial charge is 0.0725 e. The van der Waals surface area contributed by atoms with Gasteiger partial charge in [0, 0.05) is 5.02 Å². The zero-order valence-electron chi connectivity index (χ0n) is 8.29. The molecular formula is C12H12ClN. The van der Waals surface area contributed by atoms with Crippen LogP contribution in [-0.2, 0) is 0 Å². The Morgan fingerprint density at radius 3 is 2.71 bits per heavy atom. The molecule has 0 amide bonds. The van der Waals surface area contributed by atoms with Gasteiger partial charge in [0.2, 0.25) is 0 Å². The van der Waals surface area contributed by atoms with E-state index in [2.05, 4.69) is 6.07 Å². The number of hydrogen-bond acceptors (Lipinski definition) is 1. The van der Waals surface area contributed by atoms with E-state index in [-0.39, 0.29) is 0 Å². The molecule has 1 nitrogen and oxygen atoms in total. The molecule has 0 radical (unpaired) electrons. The highest BCUT2D eigenvalue weighted by Gasteiger charge is 2.10. The largest absolute Gasteiger partial charge is 0.197 e. The fourth-order valence-electron chi connectivity index (χ4n) is 0.952. The molecule has 1 aromatic carbocycles. The molecule has 72 valence electrons. The summed E-state index contributed by atoms with van der Waals surface area (Å²) in [4.78, 5) is 0. The summed E-state index contributed by atoms with van der Waals surface area (Å²) in [6.07, 6.45) is 3.79. The third kappa shape index (κ3) is 3.24. The molecule has 1 rings (SSSR count). The Labute approximate surface area is 89.6 Å². The van der Waals surface area contributed by atoms with E-state index in [0.29, 0.717) is 5.02 Å². The zero-order valence-corrected chi connectivity index (χ0v) is 9.05.